The Kier molecular flexibility index (Phi) is 7.32. The van der Waals surface area contributed by atoms with Crippen LogP contribution in [-0.4, -0.2) is 27.9 Å². The van der Waals surface area contributed by atoms with E-state index in [4.69, 9.17) is 4.74 Å². The summed E-state index contributed by atoms with van der Waals surface area (Å²) in [5.74, 6) is -1.01. The summed E-state index contributed by atoms with van der Waals surface area (Å²) in [6.45, 7) is 5.33. The minimum atomic E-state index is -0.920. The van der Waals surface area contributed by atoms with Crippen molar-refractivity contribution in [2.45, 2.75) is 39.3 Å². The van der Waals surface area contributed by atoms with Crippen molar-refractivity contribution in [2.24, 2.45) is 0 Å². The number of aryl methyl sites for hydroxylation is 1. The number of nitro groups is 1. The number of carbonyl (C=O) groups is 2. The van der Waals surface area contributed by atoms with E-state index in [-0.39, 0.29) is 23.8 Å². The van der Waals surface area contributed by atoms with Crippen molar-refractivity contribution in [3.63, 3.8) is 0 Å². The molecule has 9 heteroatoms. The van der Waals surface area contributed by atoms with Crippen molar-refractivity contribution in [2.75, 3.05) is 0 Å². The number of hydrogen-bond acceptors (Lipinski definition) is 7. The molecule has 166 valence electrons. The van der Waals surface area contributed by atoms with Crippen LogP contribution in [0.5, 0.6) is 0 Å². The molecule has 1 aromatic heterocycles. The van der Waals surface area contributed by atoms with Gasteiger partial charge in [-0.15, -0.1) is 11.3 Å². The van der Waals surface area contributed by atoms with E-state index in [1.54, 1.807) is 44.2 Å². The molecule has 0 fully saturated rings. The normalized spacial score (nSPS) is 11.8. The van der Waals surface area contributed by atoms with E-state index < -0.39 is 22.8 Å². The zero-order chi connectivity index (χ0) is 23.3. The number of ether oxygens (including phenoxy) is 1. The molecular formula is C23H23N3O5S. The number of benzene rings is 2. The van der Waals surface area contributed by atoms with Gasteiger partial charge in [0.25, 0.3) is 11.6 Å². The summed E-state index contributed by atoms with van der Waals surface area (Å²) in [6.07, 6.45) is -0.572. The first kappa shape index (κ1) is 23.1. The highest BCUT2D eigenvalue weighted by atomic mass is 32.1. The SMILES string of the molecule is Cc1csc(-c2ccc(C(=O)NC(CC(=O)OC(C)C)c3ccccc3[N+](=O)[O-])cc2)n1. The van der Waals surface area contributed by atoms with Gasteiger partial charge in [-0.3, -0.25) is 19.7 Å². The first-order valence-electron chi connectivity index (χ1n) is 10.0. The van der Waals surface area contributed by atoms with Gasteiger partial charge in [-0.25, -0.2) is 4.98 Å². The van der Waals surface area contributed by atoms with Crippen LogP contribution in [0.3, 0.4) is 0 Å². The molecule has 1 amide bonds. The van der Waals surface area contributed by atoms with Gasteiger partial charge in [0.15, 0.2) is 0 Å². The van der Waals surface area contributed by atoms with Crippen molar-refractivity contribution in [1.82, 2.24) is 10.3 Å². The fourth-order valence-electron chi connectivity index (χ4n) is 3.16. The predicted molar refractivity (Wildman–Crippen MR) is 121 cm³/mol. The maximum Gasteiger partial charge on any atom is 0.308 e. The molecule has 0 saturated carbocycles. The van der Waals surface area contributed by atoms with Gasteiger partial charge in [-0.1, -0.05) is 30.3 Å². The molecule has 3 aromatic rings. The Bertz CT molecular complexity index is 1120. The van der Waals surface area contributed by atoms with Gasteiger partial charge in [0.05, 0.1) is 29.1 Å². The molecule has 3 rings (SSSR count). The fourth-order valence-corrected chi connectivity index (χ4v) is 3.96. The smallest absolute Gasteiger partial charge is 0.308 e. The number of amides is 1. The van der Waals surface area contributed by atoms with Crippen LogP contribution >= 0.6 is 11.3 Å². The Labute approximate surface area is 189 Å². The van der Waals surface area contributed by atoms with Gasteiger partial charge in [0.2, 0.25) is 0 Å². The zero-order valence-electron chi connectivity index (χ0n) is 17.9. The van der Waals surface area contributed by atoms with E-state index in [0.717, 1.165) is 16.3 Å². The summed E-state index contributed by atoms with van der Waals surface area (Å²) < 4.78 is 5.19. The number of nitro benzene ring substituents is 1. The average molecular weight is 454 g/mol. The summed E-state index contributed by atoms with van der Waals surface area (Å²) in [5, 5.41) is 17.0. The average Bonchev–Trinajstić information content (AvgIpc) is 3.19. The highest BCUT2D eigenvalue weighted by Gasteiger charge is 2.27. The number of nitrogens with one attached hydrogen (secondary N) is 1. The van der Waals surface area contributed by atoms with Crippen molar-refractivity contribution in [3.8, 4) is 10.6 Å². The Morgan fingerprint density at radius 2 is 1.84 bits per heavy atom. The van der Waals surface area contributed by atoms with Crippen LogP contribution in [0.25, 0.3) is 10.6 Å². The molecule has 1 N–H and O–H groups in total. The second-order valence-electron chi connectivity index (χ2n) is 7.46. The third-order valence-electron chi connectivity index (χ3n) is 4.57. The second-order valence-corrected chi connectivity index (χ2v) is 8.31. The molecule has 0 spiro atoms. The van der Waals surface area contributed by atoms with Crippen LogP contribution in [0.4, 0.5) is 5.69 Å². The second kappa shape index (κ2) is 10.1. The first-order chi connectivity index (χ1) is 15.2. The quantitative estimate of drug-likeness (QED) is 0.297. The molecule has 0 saturated heterocycles. The van der Waals surface area contributed by atoms with Crippen LogP contribution in [0.15, 0.2) is 53.9 Å². The van der Waals surface area contributed by atoms with E-state index in [1.165, 1.54) is 29.5 Å². The lowest BCUT2D eigenvalue weighted by Crippen LogP contribution is -2.31. The number of thiazole rings is 1. The maximum absolute atomic E-state index is 12.9. The molecule has 8 nitrogen and oxygen atoms in total. The van der Waals surface area contributed by atoms with Crippen LogP contribution in [0, 0.1) is 17.0 Å². The van der Waals surface area contributed by atoms with Gasteiger partial charge >= 0.3 is 5.97 Å². The lowest BCUT2D eigenvalue weighted by Gasteiger charge is -2.19. The number of rotatable bonds is 8. The summed E-state index contributed by atoms with van der Waals surface area (Å²) in [7, 11) is 0. The lowest BCUT2D eigenvalue weighted by atomic mass is 10.0. The topological polar surface area (TPSA) is 111 Å². The Hall–Kier alpha value is -3.59. The van der Waals surface area contributed by atoms with Gasteiger partial charge in [0, 0.05) is 28.3 Å². The third-order valence-corrected chi connectivity index (χ3v) is 5.57. The molecule has 0 bridgehead atoms. The summed E-state index contributed by atoms with van der Waals surface area (Å²) >= 11 is 1.51. The first-order valence-corrected chi connectivity index (χ1v) is 10.9. The highest BCUT2D eigenvalue weighted by Crippen LogP contribution is 2.28. The van der Waals surface area contributed by atoms with Gasteiger partial charge < -0.3 is 10.1 Å². The largest absolute Gasteiger partial charge is 0.463 e. The van der Waals surface area contributed by atoms with Gasteiger partial charge in [0.1, 0.15) is 5.01 Å². The summed E-state index contributed by atoms with van der Waals surface area (Å²) in [6, 6.07) is 12.0. The minimum Gasteiger partial charge on any atom is -0.463 e. The fraction of sp³-hybridized carbons (Fsp3) is 0.261. The number of nitrogens with zero attached hydrogens (tertiary/aromatic N) is 2. The lowest BCUT2D eigenvalue weighted by molar-refractivity contribution is -0.385. The van der Waals surface area contributed by atoms with E-state index in [0.29, 0.717) is 5.56 Å². The van der Waals surface area contributed by atoms with E-state index in [1.807, 2.05) is 12.3 Å². The Balaban J connectivity index is 1.84. The molecular weight excluding hydrogens is 430 g/mol. The van der Waals surface area contributed by atoms with Gasteiger partial charge in [-0.05, 0) is 32.9 Å². The number of para-hydroxylation sites is 1. The minimum absolute atomic E-state index is 0.176. The molecule has 0 aliphatic rings. The van der Waals surface area contributed by atoms with Crippen LogP contribution in [0.2, 0.25) is 0 Å². The summed E-state index contributed by atoms with van der Waals surface area (Å²) in [4.78, 5) is 40.6. The number of esters is 1. The summed E-state index contributed by atoms with van der Waals surface area (Å²) in [5.41, 5.74) is 2.23. The van der Waals surface area contributed by atoms with E-state index >= 15 is 0 Å². The third kappa shape index (κ3) is 5.76. The van der Waals surface area contributed by atoms with Crippen LogP contribution < -0.4 is 5.32 Å². The highest BCUT2D eigenvalue weighted by molar-refractivity contribution is 7.13. The molecule has 1 unspecified atom stereocenters. The van der Waals surface area contributed by atoms with Crippen LogP contribution in [0.1, 0.15) is 47.9 Å². The van der Waals surface area contributed by atoms with Crippen molar-refractivity contribution < 1.29 is 19.2 Å². The maximum atomic E-state index is 12.9. The molecule has 32 heavy (non-hydrogen) atoms. The monoisotopic (exact) mass is 453 g/mol. The van der Waals surface area contributed by atoms with E-state index in [9.17, 15) is 19.7 Å². The van der Waals surface area contributed by atoms with Crippen molar-refractivity contribution in [1.29, 1.82) is 0 Å². The Morgan fingerprint density at radius 3 is 2.44 bits per heavy atom. The number of hydrogen-bond donors (Lipinski definition) is 1. The standard InChI is InChI=1S/C23H23N3O5S/c1-14(2)31-21(27)12-19(18-6-4-5-7-20(18)26(29)30)25-22(28)16-8-10-17(11-9-16)23-24-15(3)13-32-23/h4-11,13-14,19H,12H2,1-3H3,(H,25,28). The molecule has 0 aliphatic carbocycles. The van der Waals surface area contributed by atoms with Crippen LogP contribution in [-0.2, 0) is 9.53 Å². The molecule has 1 atom stereocenters. The van der Waals surface area contributed by atoms with E-state index in [2.05, 4.69) is 10.3 Å². The molecule has 0 aliphatic heterocycles. The number of aromatic nitrogens is 1. The predicted octanol–water partition coefficient (Wildman–Crippen LogP) is 4.84. The number of carbonyl (C=O) groups excluding carboxylic acids is 2. The zero-order valence-corrected chi connectivity index (χ0v) is 18.7. The van der Waals surface area contributed by atoms with Gasteiger partial charge in [-0.2, -0.15) is 0 Å². The molecule has 1 heterocycles. The molecule has 2 aromatic carbocycles. The van der Waals surface area contributed by atoms with Crippen molar-refractivity contribution >= 4 is 28.9 Å². The molecule has 0 radical (unpaired) electrons. The Morgan fingerprint density at radius 1 is 1.16 bits per heavy atom. The van der Waals surface area contributed by atoms with Crippen molar-refractivity contribution in [3.05, 3.63) is 80.8 Å².